The Kier molecular flexibility index (Phi) is 12.2. The molecule has 0 heterocycles. The molecule has 0 bridgehead atoms. The van der Waals surface area contributed by atoms with Crippen LogP contribution in [-0.4, -0.2) is 53.5 Å². The Morgan fingerprint density at radius 3 is 0.842 bits per heavy atom. The van der Waals surface area contributed by atoms with Crippen LogP contribution >= 0.6 is 22.4 Å². The van der Waals surface area contributed by atoms with E-state index in [0.717, 1.165) is 0 Å². The SMILES string of the molecule is CC(C)(C)[Si](C)(C)OC(=O)C(S[Si](C)(C)C(C)(C)C)C(S[Si](C)(C)C(C)(C)C)C(=O)O[Si](C)(C)C(C)(C)C. The predicted octanol–water partition coefficient (Wildman–Crippen LogP) is 10.3. The lowest BCUT2D eigenvalue weighted by Crippen LogP contribution is -2.53. The molecule has 0 spiro atoms. The van der Waals surface area contributed by atoms with Crippen molar-refractivity contribution in [1.29, 1.82) is 0 Å². The fourth-order valence-corrected chi connectivity index (χ4v) is 15.4. The molecule has 38 heavy (non-hydrogen) atoms. The molecular weight excluding hydrogens is 577 g/mol. The van der Waals surface area contributed by atoms with Crippen LogP contribution in [0.4, 0.5) is 0 Å². The lowest BCUT2D eigenvalue weighted by atomic mass is 10.2. The van der Waals surface area contributed by atoms with Gasteiger partial charge in [-0.1, -0.05) is 109 Å². The molecule has 0 aromatic rings. The van der Waals surface area contributed by atoms with E-state index >= 15 is 0 Å². The summed E-state index contributed by atoms with van der Waals surface area (Å²) in [6.07, 6.45) is 0. The summed E-state index contributed by atoms with van der Waals surface area (Å²) in [6.45, 7) is 44.2. The molecule has 2 unspecified atom stereocenters. The minimum absolute atomic E-state index is 0.0443. The predicted molar refractivity (Wildman–Crippen MR) is 184 cm³/mol. The summed E-state index contributed by atoms with van der Waals surface area (Å²) in [4.78, 5) is 28.5. The van der Waals surface area contributed by atoms with Crippen molar-refractivity contribution in [3.63, 3.8) is 0 Å². The average Bonchev–Trinajstić information content (AvgIpc) is 2.59. The molecule has 0 aliphatic rings. The monoisotopic (exact) mass is 638 g/mol. The lowest BCUT2D eigenvalue weighted by Gasteiger charge is -2.45. The van der Waals surface area contributed by atoms with Crippen LogP contribution < -0.4 is 0 Å². The quantitative estimate of drug-likeness (QED) is 0.234. The van der Waals surface area contributed by atoms with Gasteiger partial charge in [0.2, 0.25) is 0 Å². The van der Waals surface area contributed by atoms with E-state index in [9.17, 15) is 9.59 Å². The molecule has 4 nitrogen and oxygen atoms in total. The molecule has 0 aromatic carbocycles. The topological polar surface area (TPSA) is 52.6 Å². The van der Waals surface area contributed by atoms with Crippen molar-refractivity contribution in [1.82, 2.24) is 0 Å². The van der Waals surface area contributed by atoms with Gasteiger partial charge >= 0.3 is 11.9 Å². The van der Waals surface area contributed by atoms with Gasteiger partial charge in [0.15, 0.2) is 0 Å². The number of rotatable bonds is 9. The zero-order valence-electron chi connectivity index (χ0n) is 28.6. The van der Waals surface area contributed by atoms with Crippen LogP contribution in [0, 0.1) is 0 Å². The standard InChI is InChI=1S/C28H62O4S2Si4/c1-25(2,3)35(13,14)31-23(29)21(33-37(17,18)27(7,8)9)22(34-38(19,20)28(10,11)12)24(30)32-36(15,16)26(4,5)6/h21-22H,1-20H3. The maximum absolute atomic E-state index is 14.3. The summed E-state index contributed by atoms with van der Waals surface area (Å²) < 4.78 is 12.9. The van der Waals surface area contributed by atoms with Gasteiger partial charge in [-0.2, -0.15) is 22.4 Å². The molecule has 2 atom stereocenters. The Hall–Kier alpha value is 0.508. The Bertz CT molecular complexity index is 773. The molecule has 0 amide bonds. The number of carbonyl (C=O) groups is 2. The molecule has 0 fully saturated rings. The molecule has 0 saturated carbocycles. The second-order valence-electron chi connectivity index (χ2n) is 17.0. The first-order chi connectivity index (χ1) is 16.2. The van der Waals surface area contributed by atoms with Gasteiger partial charge < -0.3 is 8.85 Å². The van der Waals surface area contributed by atoms with Crippen LogP contribution in [-0.2, 0) is 18.4 Å². The van der Waals surface area contributed by atoms with Crippen LogP contribution in [0.25, 0.3) is 0 Å². The van der Waals surface area contributed by atoms with Crippen molar-refractivity contribution >= 4 is 65.4 Å². The Morgan fingerprint density at radius 2 is 0.684 bits per heavy atom. The normalized spacial score (nSPS) is 16.6. The van der Waals surface area contributed by atoms with Crippen LogP contribution in [0.5, 0.6) is 0 Å². The minimum Gasteiger partial charge on any atom is -0.518 e. The zero-order valence-corrected chi connectivity index (χ0v) is 34.2. The van der Waals surface area contributed by atoms with Gasteiger partial charge in [0.25, 0.3) is 16.6 Å². The van der Waals surface area contributed by atoms with Gasteiger partial charge in [-0.25, -0.2) is 0 Å². The molecule has 0 aliphatic carbocycles. The highest BCUT2D eigenvalue weighted by Crippen LogP contribution is 2.52. The third-order valence-electron chi connectivity index (χ3n) is 9.52. The fraction of sp³-hybridized carbons (Fsp3) is 0.929. The van der Waals surface area contributed by atoms with Crippen molar-refractivity contribution in [3.05, 3.63) is 0 Å². The number of carbonyl (C=O) groups excluding carboxylic acids is 2. The van der Waals surface area contributed by atoms with E-state index in [1.165, 1.54) is 0 Å². The van der Waals surface area contributed by atoms with Crippen LogP contribution in [0.3, 0.4) is 0 Å². The van der Waals surface area contributed by atoms with Gasteiger partial charge in [0, 0.05) is 0 Å². The van der Waals surface area contributed by atoms with Crippen LogP contribution in [0.15, 0.2) is 0 Å². The highest BCUT2D eigenvalue weighted by atomic mass is 32.4. The first-order valence-electron chi connectivity index (χ1n) is 14.0. The first kappa shape index (κ1) is 38.5. The largest absolute Gasteiger partial charge is 0.518 e. The molecule has 0 N–H and O–H groups in total. The second kappa shape index (κ2) is 12.0. The lowest BCUT2D eigenvalue weighted by molar-refractivity contribution is -0.140. The molecule has 10 heteroatoms. The first-order valence-corrected chi connectivity index (χ1v) is 29.0. The van der Waals surface area contributed by atoms with E-state index in [-0.39, 0.29) is 32.1 Å². The van der Waals surface area contributed by atoms with Crippen molar-refractivity contribution in [2.75, 3.05) is 0 Å². The summed E-state index contributed by atoms with van der Waals surface area (Å²) >= 11 is 3.47. The van der Waals surface area contributed by atoms with Crippen molar-refractivity contribution in [3.8, 4) is 0 Å². The van der Waals surface area contributed by atoms with Gasteiger partial charge in [-0.15, -0.1) is 0 Å². The van der Waals surface area contributed by atoms with Gasteiger partial charge in [-0.05, 0) is 46.3 Å². The minimum atomic E-state index is -2.39. The van der Waals surface area contributed by atoms with E-state index in [1.54, 1.807) is 22.4 Å². The average molecular weight is 639 g/mol. The maximum Gasteiger partial charge on any atom is 0.306 e. The summed E-state index contributed by atoms with van der Waals surface area (Å²) in [7, 11) is -8.87. The van der Waals surface area contributed by atoms with Crippen LogP contribution in [0.1, 0.15) is 83.1 Å². The van der Waals surface area contributed by atoms with Crippen molar-refractivity contribution < 1.29 is 18.4 Å². The fourth-order valence-electron chi connectivity index (χ4n) is 2.38. The smallest absolute Gasteiger partial charge is 0.306 e. The molecule has 226 valence electrons. The summed E-state index contributed by atoms with van der Waals surface area (Å²) in [5.74, 6) is -0.454. The molecule has 0 aliphatic heterocycles. The van der Waals surface area contributed by atoms with Gasteiger partial charge in [-0.3, -0.25) is 9.59 Å². The highest BCUT2D eigenvalue weighted by Gasteiger charge is 2.52. The van der Waals surface area contributed by atoms with E-state index in [4.69, 9.17) is 8.85 Å². The summed E-state index contributed by atoms with van der Waals surface area (Å²) in [6, 6.07) is 0. The third-order valence-corrected chi connectivity index (χ3v) is 36.9. The summed E-state index contributed by atoms with van der Waals surface area (Å²) in [5, 5.41) is -1.33. The molecular formula is C28H62O4S2Si4. The van der Waals surface area contributed by atoms with E-state index in [0.29, 0.717) is 0 Å². The van der Waals surface area contributed by atoms with Crippen molar-refractivity contribution in [2.24, 2.45) is 0 Å². The highest BCUT2D eigenvalue weighted by molar-refractivity contribution is 8.33. The van der Waals surface area contributed by atoms with E-state index in [1.807, 2.05) is 0 Å². The number of hydrogen-bond donors (Lipinski definition) is 0. The molecule has 0 saturated heterocycles. The van der Waals surface area contributed by atoms with Crippen LogP contribution in [0.2, 0.25) is 72.5 Å². The molecule has 0 radical (unpaired) electrons. The Balaban J connectivity index is 7.03. The molecule has 0 aromatic heterocycles. The maximum atomic E-state index is 14.3. The van der Waals surface area contributed by atoms with Gasteiger partial charge in [0.1, 0.15) is 24.9 Å². The van der Waals surface area contributed by atoms with E-state index in [2.05, 4.69) is 135 Å². The van der Waals surface area contributed by atoms with Gasteiger partial charge in [0.05, 0.1) is 0 Å². The Morgan fingerprint density at radius 1 is 0.474 bits per heavy atom. The van der Waals surface area contributed by atoms with E-state index < -0.39 is 41.6 Å². The zero-order chi connectivity index (χ0) is 31.1. The molecule has 0 rings (SSSR count). The summed E-state index contributed by atoms with van der Waals surface area (Å²) in [5.41, 5.74) is 0. The number of hydrogen-bond acceptors (Lipinski definition) is 6. The van der Waals surface area contributed by atoms with Crippen molar-refractivity contribution in [2.45, 2.75) is 166 Å². The third kappa shape index (κ3) is 9.81. The Labute approximate surface area is 248 Å². The second-order valence-corrected chi connectivity index (χ2v) is 44.5.